The summed E-state index contributed by atoms with van der Waals surface area (Å²) in [7, 11) is 0. The second kappa shape index (κ2) is 10.2. The van der Waals surface area contributed by atoms with E-state index in [1.165, 1.54) is 11.1 Å². The van der Waals surface area contributed by atoms with Gasteiger partial charge in [0.2, 0.25) is 5.28 Å². The fourth-order valence-electron chi connectivity index (χ4n) is 4.42. The summed E-state index contributed by atoms with van der Waals surface area (Å²) < 4.78 is 0. The molecule has 37 heavy (non-hydrogen) atoms. The maximum absolute atomic E-state index is 6.32. The highest BCUT2D eigenvalue weighted by atomic mass is 35.5. The van der Waals surface area contributed by atoms with Gasteiger partial charge in [-0.1, -0.05) is 109 Å². The van der Waals surface area contributed by atoms with Crippen LogP contribution in [0.5, 0.6) is 0 Å². The Morgan fingerprint density at radius 1 is 0.324 bits per heavy atom. The topological polar surface area (TPSA) is 38.7 Å². The smallest absolute Gasteiger partial charge is 0.208 e. The van der Waals surface area contributed by atoms with Gasteiger partial charge in [0.1, 0.15) is 0 Å². The molecule has 0 aliphatic heterocycles. The monoisotopic (exact) mass is 495 g/mol. The zero-order valence-corrected chi connectivity index (χ0v) is 20.7. The van der Waals surface area contributed by atoms with Crippen LogP contribution in [-0.4, -0.2) is 15.0 Å². The molecule has 0 fully saturated rings. The normalized spacial score (nSPS) is 10.8. The van der Waals surface area contributed by atoms with Crippen LogP contribution in [-0.2, 0) is 0 Å². The predicted molar refractivity (Wildman–Crippen MR) is 152 cm³/mol. The van der Waals surface area contributed by atoms with Crippen molar-refractivity contribution in [1.82, 2.24) is 15.0 Å². The Morgan fingerprint density at radius 2 is 0.703 bits per heavy atom. The van der Waals surface area contributed by atoms with E-state index in [9.17, 15) is 0 Å². The fraction of sp³-hybridized carbons (Fsp3) is 0. The molecule has 0 bridgehead atoms. The Balaban J connectivity index is 1.47. The summed E-state index contributed by atoms with van der Waals surface area (Å²) in [6.45, 7) is 0. The number of halogens is 1. The molecule has 6 rings (SSSR count). The van der Waals surface area contributed by atoms with Crippen molar-refractivity contribution in [3.63, 3.8) is 0 Å². The van der Waals surface area contributed by atoms with E-state index in [2.05, 4.69) is 88.8 Å². The van der Waals surface area contributed by atoms with Crippen LogP contribution in [0, 0.1) is 0 Å². The lowest BCUT2D eigenvalue weighted by molar-refractivity contribution is 1.07. The molecular formula is C33H22ClN3. The molecule has 0 aliphatic carbocycles. The summed E-state index contributed by atoms with van der Waals surface area (Å²) in [5.74, 6) is 1.10. The molecule has 0 N–H and O–H groups in total. The maximum atomic E-state index is 6.32. The third-order valence-corrected chi connectivity index (χ3v) is 6.41. The van der Waals surface area contributed by atoms with Gasteiger partial charge >= 0.3 is 0 Å². The number of hydrogen-bond acceptors (Lipinski definition) is 3. The Labute approximate surface area is 221 Å². The molecule has 0 amide bonds. The Hall–Kier alpha value is -4.60. The highest BCUT2D eigenvalue weighted by Crippen LogP contribution is 2.34. The van der Waals surface area contributed by atoms with Crippen molar-refractivity contribution in [2.45, 2.75) is 0 Å². The van der Waals surface area contributed by atoms with Gasteiger partial charge in [-0.15, -0.1) is 0 Å². The van der Waals surface area contributed by atoms with Gasteiger partial charge in [-0.05, 0) is 69.2 Å². The summed E-state index contributed by atoms with van der Waals surface area (Å²) in [4.78, 5) is 13.5. The maximum Gasteiger partial charge on any atom is 0.226 e. The number of rotatable bonds is 5. The lowest BCUT2D eigenvalue weighted by Gasteiger charge is -2.12. The molecule has 0 saturated heterocycles. The number of aromatic nitrogens is 3. The van der Waals surface area contributed by atoms with Crippen LogP contribution in [0.15, 0.2) is 133 Å². The van der Waals surface area contributed by atoms with E-state index in [1.807, 2.05) is 54.6 Å². The van der Waals surface area contributed by atoms with Gasteiger partial charge in [0.25, 0.3) is 0 Å². The molecule has 176 valence electrons. The largest absolute Gasteiger partial charge is 0.226 e. The van der Waals surface area contributed by atoms with E-state index in [4.69, 9.17) is 16.6 Å². The van der Waals surface area contributed by atoms with Crippen molar-refractivity contribution in [2.24, 2.45) is 0 Å². The van der Waals surface area contributed by atoms with Gasteiger partial charge in [-0.2, -0.15) is 9.97 Å². The van der Waals surface area contributed by atoms with E-state index in [0.29, 0.717) is 11.6 Å². The first-order chi connectivity index (χ1) is 18.2. The first-order valence-electron chi connectivity index (χ1n) is 12.1. The summed E-state index contributed by atoms with van der Waals surface area (Å²) in [5, 5.41) is 0.173. The van der Waals surface area contributed by atoms with Gasteiger partial charge < -0.3 is 0 Å². The lowest BCUT2D eigenvalue weighted by Crippen LogP contribution is -1.97. The van der Waals surface area contributed by atoms with Crippen molar-refractivity contribution in [3.05, 3.63) is 139 Å². The van der Waals surface area contributed by atoms with Crippen LogP contribution in [0.3, 0.4) is 0 Å². The molecule has 0 radical (unpaired) electrons. The zero-order chi connectivity index (χ0) is 25.0. The second-order valence-electron chi connectivity index (χ2n) is 8.73. The van der Waals surface area contributed by atoms with Gasteiger partial charge in [0.15, 0.2) is 11.6 Å². The third-order valence-electron chi connectivity index (χ3n) is 6.24. The van der Waals surface area contributed by atoms with Crippen molar-refractivity contribution in [3.8, 4) is 56.2 Å². The van der Waals surface area contributed by atoms with Crippen molar-refractivity contribution in [2.75, 3.05) is 0 Å². The average molecular weight is 496 g/mol. The van der Waals surface area contributed by atoms with Crippen molar-refractivity contribution < 1.29 is 0 Å². The molecule has 0 spiro atoms. The van der Waals surface area contributed by atoms with Crippen LogP contribution in [0.1, 0.15) is 0 Å². The number of nitrogens with zero attached hydrogens (tertiary/aromatic N) is 3. The van der Waals surface area contributed by atoms with Gasteiger partial charge in [-0.3, -0.25) is 0 Å². The average Bonchev–Trinajstić information content (AvgIpc) is 2.98. The SMILES string of the molecule is Clc1nc(-c2ccccc2)nc(-c2cccc(-c3cc(-c4ccccc4)cc(-c4ccccc4)c3)c2)n1. The van der Waals surface area contributed by atoms with Gasteiger partial charge in [0.05, 0.1) is 0 Å². The lowest BCUT2D eigenvalue weighted by atomic mass is 9.93. The molecule has 1 aromatic heterocycles. The second-order valence-corrected chi connectivity index (χ2v) is 9.07. The van der Waals surface area contributed by atoms with Crippen molar-refractivity contribution in [1.29, 1.82) is 0 Å². The van der Waals surface area contributed by atoms with Crippen LogP contribution >= 0.6 is 11.6 Å². The highest BCUT2D eigenvalue weighted by Gasteiger charge is 2.12. The molecule has 0 unspecified atom stereocenters. The molecule has 0 atom stereocenters. The molecule has 0 aliphatic rings. The summed E-state index contributed by atoms with van der Waals surface area (Å²) in [6.07, 6.45) is 0. The number of benzene rings is 5. The van der Waals surface area contributed by atoms with E-state index in [-0.39, 0.29) is 5.28 Å². The van der Waals surface area contributed by atoms with E-state index in [1.54, 1.807) is 0 Å². The predicted octanol–water partition coefficient (Wildman–Crippen LogP) is 8.86. The third kappa shape index (κ3) is 5.04. The molecular weight excluding hydrogens is 474 g/mol. The van der Waals surface area contributed by atoms with Crippen LogP contribution in [0.25, 0.3) is 56.2 Å². The Kier molecular flexibility index (Phi) is 6.28. The molecule has 3 nitrogen and oxygen atoms in total. The highest BCUT2D eigenvalue weighted by molar-refractivity contribution is 6.28. The van der Waals surface area contributed by atoms with E-state index in [0.717, 1.165) is 33.4 Å². The van der Waals surface area contributed by atoms with E-state index < -0.39 is 0 Å². The standard InChI is InChI=1S/C33H22ClN3/c34-33-36-31(25-15-8-3-9-16-25)35-32(37-33)27-18-10-17-26(19-27)30-21-28(23-11-4-1-5-12-23)20-29(22-30)24-13-6-2-7-14-24/h1-22H. The minimum atomic E-state index is 0.173. The van der Waals surface area contributed by atoms with Crippen LogP contribution in [0.4, 0.5) is 0 Å². The molecule has 4 heteroatoms. The summed E-state index contributed by atoms with van der Waals surface area (Å²) in [6, 6.07) is 45.7. The zero-order valence-electron chi connectivity index (χ0n) is 19.9. The summed E-state index contributed by atoms with van der Waals surface area (Å²) >= 11 is 6.32. The molecule has 0 saturated carbocycles. The summed E-state index contributed by atoms with van der Waals surface area (Å²) in [5.41, 5.74) is 8.64. The van der Waals surface area contributed by atoms with E-state index >= 15 is 0 Å². The van der Waals surface area contributed by atoms with Gasteiger partial charge in [0, 0.05) is 11.1 Å². The quantitative estimate of drug-likeness (QED) is 0.240. The van der Waals surface area contributed by atoms with Gasteiger partial charge in [-0.25, -0.2) is 4.98 Å². The fourth-order valence-corrected chi connectivity index (χ4v) is 4.58. The first-order valence-corrected chi connectivity index (χ1v) is 12.4. The minimum absolute atomic E-state index is 0.173. The van der Waals surface area contributed by atoms with Crippen molar-refractivity contribution >= 4 is 11.6 Å². The Morgan fingerprint density at radius 3 is 1.24 bits per heavy atom. The van der Waals surface area contributed by atoms with Crippen LogP contribution in [0.2, 0.25) is 5.28 Å². The van der Waals surface area contributed by atoms with Crippen LogP contribution < -0.4 is 0 Å². The minimum Gasteiger partial charge on any atom is -0.208 e. The number of hydrogen-bond donors (Lipinski definition) is 0. The molecule has 1 heterocycles. The molecule has 6 aromatic rings. The Bertz CT molecular complexity index is 1610. The molecule has 5 aromatic carbocycles. The first kappa shape index (κ1) is 22.8.